The fraction of sp³-hybridized carbons (Fsp3) is 0.609. The van der Waals surface area contributed by atoms with E-state index in [0.29, 0.717) is 32.1 Å². The molecule has 14 nitrogen and oxygen atoms in total. The molecule has 0 aliphatic heterocycles. The minimum atomic E-state index is -4.88. The summed E-state index contributed by atoms with van der Waals surface area (Å²) in [4.78, 5) is 52.7. The second kappa shape index (κ2) is 40.8. The Morgan fingerprint density at radius 1 is 0.548 bits per heavy atom. The number of aliphatic hydroxyl groups is 2. The minimum Gasteiger partial charge on any atom is -0.462 e. The molecule has 4 atom stereocenters. The van der Waals surface area contributed by atoms with Crippen molar-refractivity contribution in [3.8, 4) is 0 Å². The molecule has 0 heterocycles. The molecule has 0 radical (unpaired) electrons. The number of ether oxygens (including phenoxy) is 2. The van der Waals surface area contributed by atoms with Gasteiger partial charge in [-0.1, -0.05) is 137 Å². The highest BCUT2D eigenvalue weighted by atomic mass is 31.2. The molecule has 16 heteroatoms. The first-order valence-electron chi connectivity index (χ1n) is 22.0. The maximum Gasteiger partial charge on any atom is 0.472 e. The van der Waals surface area contributed by atoms with Crippen LogP contribution in [-0.2, 0) is 41.8 Å². The number of hydrogen-bond acceptors (Lipinski definition) is 11. The molecule has 0 amide bonds. The molecule has 0 spiro atoms. The quantitative estimate of drug-likeness (QED) is 0.0127. The van der Waals surface area contributed by atoms with Gasteiger partial charge in [0, 0.05) is 12.8 Å². The number of hydrogen-bond donors (Lipinski definition) is 5. The Balaban J connectivity index is 4.73. The molecule has 2 unspecified atom stereocenters. The Morgan fingerprint density at radius 2 is 1.08 bits per heavy atom. The van der Waals surface area contributed by atoms with Crippen molar-refractivity contribution < 1.29 is 66.7 Å². The van der Waals surface area contributed by atoms with Gasteiger partial charge in [0.2, 0.25) is 0 Å². The smallest absolute Gasteiger partial charge is 0.462 e. The van der Waals surface area contributed by atoms with Crippen LogP contribution in [0.15, 0.2) is 97.2 Å². The lowest BCUT2D eigenvalue weighted by atomic mass is 10.1. The number of unbranched alkanes of at least 4 members (excludes halogenated alkanes) is 8. The van der Waals surface area contributed by atoms with E-state index in [2.05, 4.69) is 71.5 Å². The van der Waals surface area contributed by atoms with Crippen molar-refractivity contribution in [1.82, 2.24) is 0 Å². The SMILES string of the molecule is CC/C=C\C/C=C\CC(O)/C=C/C=C\C/C=C\CCCC(=O)O[C@H](COC(=O)CCCCCC/C=C\C/C=C\C/C=C\CCCCC)COP(=O)(O)OC[C@@H](O)COP(=O)(O)O. The summed E-state index contributed by atoms with van der Waals surface area (Å²) in [5.41, 5.74) is 0. The molecule has 0 bridgehead atoms. The molecule has 62 heavy (non-hydrogen) atoms. The Hall–Kier alpha value is -3.00. The Kier molecular flexibility index (Phi) is 38.8. The molecule has 0 aromatic rings. The first-order valence-corrected chi connectivity index (χ1v) is 25.1. The van der Waals surface area contributed by atoms with Gasteiger partial charge in [-0.15, -0.1) is 0 Å². The largest absolute Gasteiger partial charge is 0.472 e. The summed E-state index contributed by atoms with van der Waals surface area (Å²) in [7, 11) is -9.73. The van der Waals surface area contributed by atoms with Gasteiger partial charge in [-0.3, -0.25) is 23.2 Å². The molecule has 0 saturated carbocycles. The van der Waals surface area contributed by atoms with E-state index in [1.807, 2.05) is 36.5 Å². The van der Waals surface area contributed by atoms with Crippen LogP contribution in [0.25, 0.3) is 0 Å². The highest BCUT2D eigenvalue weighted by Crippen LogP contribution is 2.43. The number of carbonyl (C=O) groups is 2. The lowest BCUT2D eigenvalue weighted by Gasteiger charge is -2.20. The number of carbonyl (C=O) groups excluding carboxylic acids is 2. The predicted octanol–water partition coefficient (Wildman–Crippen LogP) is 10.3. The van der Waals surface area contributed by atoms with E-state index < -0.39 is 72.3 Å². The highest BCUT2D eigenvalue weighted by Gasteiger charge is 2.28. The van der Waals surface area contributed by atoms with Gasteiger partial charge in [-0.2, -0.15) is 0 Å². The van der Waals surface area contributed by atoms with Gasteiger partial charge >= 0.3 is 27.6 Å². The molecule has 354 valence electrons. The van der Waals surface area contributed by atoms with Gasteiger partial charge in [-0.05, 0) is 83.5 Å². The van der Waals surface area contributed by atoms with E-state index in [1.165, 1.54) is 19.3 Å². The van der Waals surface area contributed by atoms with E-state index in [-0.39, 0.29) is 12.8 Å². The van der Waals surface area contributed by atoms with Gasteiger partial charge in [0.25, 0.3) is 0 Å². The standard InChI is InChI=1S/C46H76O14P2/c1-3-5-7-9-11-12-13-14-15-16-17-18-19-20-24-28-32-36-45(49)56-40-44(41-59-62(54,55)58-39-43(48)38-57-61(51,52)53)60-46(50)37-33-29-25-22-21-23-27-31-35-42(47)34-30-26-10-8-6-4-2/h6,8,11-12,14-15,17-18,22-23,25-27,30-31,35,42-44,47-48H,3-5,7,9-10,13,16,19-21,24,28-29,32-34,36-41H2,1-2H3,(H,54,55)(H2,51,52,53)/b8-6-,12-11-,15-14-,18-17-,25-22-,27-23-,30-26-,35-31+/t42?,43-,44+/m0/s1. The van der Waals surface area contributed by atoms with Crippen LogP contribution in [0.3, 0.4) is 0 Å². The molecule has 0 rings (SSSR count). The van der Waals surface area contributed by atoms with Gasteiger partial charge in [0.05, 0.1) is 25.9 Å². The van der Waals surface area contributed by atoms with Gasteiger partial charge in [0.1, 0.15) is 12.7 Å². The van der Waals surface area contributed by atoms with Crippen LogP contribution in [-0.4, -0.2) is 81.6 Å². The number of phosphoric ester groups is 2. The fourth-order valence-corrected chi connectivity index (χ4v) is 6.33. The van der Waals surface area contributed by atoms with Crippen molar-refractivity contribution in [2.75, 3.05) is 26.4 Å². The average Bonchev–Trinajstić information content (AvgIpc) is 3.23. The zero-order valence-corrected chi connectivity index (χ0v) is 38.8. The van der Waals surface area contributed by atoms with Crippen LogP contribution in [0, 0.1) is 0 Å². The Labute approximate surface area is 371 Å². The number of phosphoric acid groups is 2. The summed E-state index contributed by atoms with van der Waals surface area (Å²) in [6.07, 6.45) is 44.3. The van der Waals surface area contributed by atoms with Crippen molar-refractivity contribution in [3.63, 3.8) is 0 Å². The van der Waals surface area contributed by atoms with Crippen LogP contribution < -0.4 is 0 Å². The van der Waals surface area contributed by atoms with Crippen molar-refractivity contribution >= 4 is 27.6 Å². The number of rotatable bonds is 40. The topological polar surface area (TPSA) is 216 Å². The molecule has 0 aliphatic rings. The number of esters is 2. The second-order valence-corrected chi connectivity index (χ2v) is 17.1. The van der Waals surface area contributed by atoms with E-state index >= 15 is 0 Å². The minimum absolute atomic E-state index is 0.0103. The fourth-order valence-electron chi connectivity index (χ4n) is 5.18. The predicted molar refractivity (Wildman–Crippen MR) is 245 cm³/mol. The molecule has 0 aromatic carbocycles. The average molecular weight is 915 g/mol. The normalized spacial score (nSPS) is 15.4. The molecular weight excluding hydrogens is 838 g/mol. The third kappa shape index (κ3) is 43.6. The van der Waals surface area contributed by atoms with Crippen LogP contribution in [0.4, 0.5) is 0 Å². The Bertz CT molecular complexity index is 1480. The monoisotopic (exact) mass is 914 g/mol. The summed E-state index contributed by atoms with van der Waals surface area (Å²) in [6, 6.07) is 0. The first kappa shape index (κ1) is 59.0. The van der Waals surface area contributed by atoms with Gasteiger partial charge in [-0.25, -0.2) is 9.13 Å². The maximum absolute atomic E-state index is 12.7. The number of allylic oxidation sites excluding steroid dienone is 14. The van der Waals surface area contributed by atoms with Crippen LogP contribution in [0.1, 0.15) is 136 Å². The summed E-state index contributed by atoms with van der Waals surface area (Å²) >= 11 is 0. The van der Waals surface area contributed by atoms with Crippen molar-refractivity contribution in [1.29, 1.82) is 0 Å². The molecule has 0 aliphatic carbocycles. The second-order valence-electron chi connectivity index (χ2n) is 14.4. The third-order valence-electron chi connectivity index (χ3n) is 8.53. The van der Waals surface area contributed by atoms with Crippen molar-refractivity contribution in [2.45, 2.75) is 154 Å². The van der Waals surface area contributed by atoms with Crippen molar-refractivity contribution in [2.24, 2.45) is 0 Å². The third-order valence-corrected chi connectivity index (χ3v) is 9.96. The first-order chi connectivity index (χ1) is 29.8. The lowest BCUT2D eigenvalue weighted by molar-refractivity contribution is -0.161. The lowest BCUT2D eigenvalue weighted by Crippen LogP contribution is -2.29. The molecule has 5 N–H and O–H groups in total. The molecular formula is C46H76O14P2. The van der Waals surface area contributed by atoms with Crippen molar-refractivity contribution in [3.05, 3.63) is 97.2 Å². The summed E-state index contributed by atoms with van der Waals surface area (Å²) in [5, 5.41) is 19.8. The number of aliphatic hydroxyl groups excluding tert-OH is 2. The Morgan fingerprint density at radius 3 is 1.73 bits per heavy atom. The van der Waals surface area contributed by atoms with Gasteiger partial charge < -0.3 is 34.4 Å². The van der Waals surface area contributed by atoms with Crippen LogP contribution >= 0.6 is 15.6 Å². The van der Waals surface area contributed by atoms with E-state index in [1.54, 1.807) is 12.2 Å². The summed E-state index contributed by atoms with van der Waals surface area (Å²) in [5.74, 6) is -1.17. The maximum atomic E-state index is 12.7. The summed E-state index contributed by atoms with van der Waals surface area (Å²) in [6.45, 7) is 1.42. The zero-order valence-electron chi connectivity index (χ0n) is 37.0. The van der Waals surface area contributed by atoms with E-state index in [4.69, 9.17) is 23.8 Å². The van der Waals surface area contributed by atoms with Crippen LogP contribution in [0.5, 0.6) is 0 Å². The summed E-state index contributed by atoms with van der Waals surface area (Å²) < 4.78 is 47.7. The van der Waals surface area contributed by atoms with E-state index in [0.717, 1.165) is 57.8 Å². The van der Waals surface area contributed by atoms with E-state index in [9.17, 15) is 33.8 Å². The molecule has 0 aromatic heterocycles. The van der Waals surface area contributed by atoms with Gasteiger partial charge in [0.15, 0.2) is 6.10 Å². The zero-order chi connectivity index (χ0) is 46.0. The van der Waals surface area contributed by atoms with Crippen LogP contribution in [0.2, 0.25) is 0 Å². The molecule has 0 fully saturated rings. The molecule has 0 saturated heterocycles. The highest BCUT2D eigenvalue weighted by molar-refractivity contribution is 7.47.